The van der Waals surface area contributed by atoms with E-state index in [0.29, 0.717) is 24.7 Å². The Morgan fingerprint density at radius 2 is 2.00 bits per heavy atom. The third-order valence-corrected chi connectivity index (χ3v) is 6.67. The molecule has 3 aromatic heterocycles. The van der Waals surface area contributed by atoms with E-state index in [1.165, 1.54) is 10.9 Å². The molecule has 4 aromatic rings. The number of fused-ring (bicyclic) bond motifs is 1. The lowest BCUT2D eigenvalue weighted by atomic mass is 10.1. The summed E-state index contributed by atoms with van der Waals surface area (Å²) in [6.07, 6.45) is 4.44. The quantitative estimate of drug-likeness (QED) is 0.476. The SMILES string of the molecule is O=C(CCCc1c[nH]c2ccccc12)N1CCN(Cc2nc(-c3cccs3)no2)CC1. The van der Waals surface area contributed by atoms with Crippen LogP contribution < -0.4 is 0 Å². The predicted molar refractivity (Wildman–Crippen MR) is 121 cm³/mol. The predicted octanol–water partition coefficient (Wildman–Crippen LogP) is 3.95. The zero-order valence-corrected chi connectivity index (χ0v) is 18.1. The van der Waals surface area contributed by atoms with E-state index in [1.54, 1.807) is 11.3 Å². The van der Waals surface area contributed by atoms with E-state index in [-0.39, 0.29) is 5.91 Å². The number of amides is 1. The number of nitrogens with zero attached hydrogens (tertiary/aromatic N) is 4. The van der Waals surface area contributed by atoms with Crippen LogP contribution in [0.4, 0.5) is 0 Å². The van der Waals surface area contributed by atoms with Crippen LogP contribution in [-0.2, 0) is 17.8 Å². The topological polar surface area (TPSA) is 78.3 Å². The van der Waals surface area contributed by atoms with Crippen molar-refractivity contribution in [3.63, 3.8) is 0 Å². The van der Waals surface area contributed by atoms with Gasteiger partial charge in [-0.2, -0.15) is 4.98 Å². The number of nitrogens with one attached hydrogen (secondary N) is 1. The Hall–Kier alpha value is -2.97. The summed E-state index contributed by atoms with van der Waals surface area (Å²) in [5.41, 5.74) is 2.44. The molecule has 5 rings (SSSR count). The molecule has 0 unspecified atom stereocenters. The number of aromatic nitrogens is 3. The molecule has 0 aliphatic carbocycles. The molecule has 0 saturated carbocycles. The fourth-order valence-electron chi connectivity index (χ4n) is 4.10. The molecule has 0 atom stereocenters. The number of rotatable bonds is 7. The summed E-state index contributed by atoms with van der Waals surface area (Å²) < 4.78 is 5.41. The first-order chi connectivity index (χ1) is 15.3. The summed E-state index contributed by atoms with van der Waals surface area (Å²) in [4.78, 5) is 25.7. The van der Waals surface area contributed by atoms with Crippen molar-refractivity contribution < 1.29 is 9.32 Å². The molecule has 4 heterocycles. The van der Waals surface area contributed by atoms with Gasteiger partial charge in [0.25, 0.3) is 0 Å². The number of para-hydroxylation sites is 1. The van der Waals surface area contributed by atoms with E-state index in [2.05, 4.69) is 44.4 Å². The van der Waals surface area contributed by atoms with Crippen LogP contribution in [0.25, 0.3) is 21.6 Å². The summed E-state index contributed by atoms with van der Waals surface area (Å²) in [6, 6.07) is 12.3. The van der Waals surface area contributed by atoms with Crippen LogP contribution in [0.3, 0.4) is 0 Å². The van der Waals surface area contributed by atoms with Gasteiger partial charge in [0.05, 0.1) is 11.4 Å². The number of carbonyl (C=O) groups is 1. The first-order valence-corrected chi connectivity index (χ1v) is 11.6. The van der Waals surface area contributed by atoms with Crippen LogP contribution in [0.1, 0.15) is 24.3 Å². The van der Waals surface area contributed by atoms with Crippen LogP contribution in [0, 0.1) is 0 Å². The van der Waals surface area contributed by atoms with E-state index < -0.39 is 0 Å². The molecule has 7 nitrogen and oxygen atoms in total. The van der Waals surface area contributed by atoms with Crippen LogP contribution in [0.5, 0.6) is 0 Å². The van der Waals surface area contributed by atoms with Gasteiger partial charge in [0.15, 0.2) is 0 Å². The summed E-state index contributed by atoms with van der Waals surface area (Å²) in [5, 5.41) is 7.33. The van der Waals surface area contributed by atoms with Gasteiger partial charge in [-0.1, -0.05) is 29.4 Å². The Morgan fingerprint density at radius 1 is 1.13 bits per heavy atom. The minimum Gasteiger partial charge on any atom is -0.361 e. The molecule has 31 heavy (non-hydrogen) atoms. The first-order valence-electron chi connectivity index (χ1n) is 10.7. The summed E-state index contributed by atoms with van der Waals surface area (Å²) in [5.74, 6) is 1.52. The number of aryl methyl sites for hydroxylation is 1. The zero-order valence-electron chi connectivity index (χ0n) is 17.3. The van der Waals surface area contributed by atoms with Crippen molar-refractivity contribution in [3.05, 3.63) is 59.4 Å². The van der Waals surface area contributed by atoms with Crippen molar-refractivity contribution in [3.8, 4) is 10.7 Å². The minimum atomic E-state index is 0.247. The van der Waals surface area contributed by atoms with Crippen LogP contribution in [0.15, 0.2) is 52.5 Å². The fraction of sp³-hybridized carbons (Fsp3) is 0.348. The second-order valence-corrected chi connectivity index (χ2v) is 8.81. The molecule has 1 aliphatic rings. The number of hydrogen-bond donors (Lipinski definition) is 1. The van der Waals surface area contributed by atoms with Crippen molar-refractivity contribution in [1.29, 1.82) is 0 Å². The molecule has 1 fully saturated rings. The summed E-state index contributed by atoms with van der Waals surface area (Å²) in [7, 11) is 0. The Kier molecular flexibility index (Phi) is 5.82. The van der Waals surface area contributed by atoms with E-state index in [4.69, 9.17) is 4.52 Å². The van der Waals surface area contributed by atoms with Gasteiger partial charge >= 0.3 is 0 Å². The highest BCUT2D eigenvalue weighted by atomic mass is 32.1. The molecular formula is C23H25N5O2S. The maximum Gasteiger partial charge on any atom is 0.241 e. The smallest absolute Gasteiger partial charge is 0.241 e. The zero-order chi connectivity index (χ0) is 21.0. The maximum atomic E-state index is 12.6. The molecule has 1 aromatic carbocycles. The Bertz CT molecular complexity index is 1140. The average Bonchev–Trinajstić information content (AvgIpc) is 3.55. The van der Waals surface area contributed by atoms with E-state index >= 15 is 0 Å². The number of piperazine rings is 1. The van der Waals surface area contributed by atoms with Gasteiger partial charge < -0.3 is 14.4 Å². The summed E-state index contributed by atoms with van der Waals surface area (Å²) in [6.45, 7) is 3.77. The van der Waals surface area contributed by atoms with Gasteiger partial charge in [-0.15, -0.1) is 11.3 Å². The molecule has 0 radical (unpaired) electrons. The van der Waals surface area contributed by atoms with Crippen LogP contribution in [0.2, 0.25) is 0 Å². The van der Waals surface area contributed by atoms with Crippen molar-refractivity contribution >= 4 is 28.1 Å². The average molecular weight is 436 g/mol. The van der Waals surface area contributed by atoms with Gasteiger partial charge in [0, 0.05) is 49.7 Å². The second kappa shape index (κ2) is 9.03. The number of carbonyl (C=O) groups excluding carboxylic acids is 1. The highest BCUT2D eigenvalue weighted by Gasteiger charge is 2.22. The molecule has 160 valence electrons. The molecule has 1 amide bonds. The summed E-state index contributed by atoms with van der Waals surface area (Å²) >= 11 is 1.60. The third kappa shape index (κ3) is 4.55. The number of benzene rings is 1. The van der Waals surface area contributed by atoms with Crippen LogP contribution >= 0.6 is 11.3 Å². The highest BCUT2D eigenvalue weighted by molar-refractivity contribution is 7.13. The van der Waals surface area contributed by atoms with Gasteiger partial charge in [-0.05, 0) is 35.9 Å². The Balaban J connectivity index is 1.07. The molecule has 0 bridgehead atoms. The van der Waals surface area contributed by atoms with Gasteiger partial charge in [0.1, 0.15) is 0 Å². The molecule has 1 aliphatic heterocycles. The molecule has 8 heteroatoms. The monoisotopic (exact) mass is 435 g/mol. The van der Waals surface area contributed by atoms with Gasteiger partial charge in [0.2, 0.25) is 17.6 Å². The van der Waals surface area contributed by atoms with Gasteiger partial charge in [-0.3, -0.25) is 9.69 Å². The first kappa shape index (κ1) is 20.0. The Labute approximate surface area is 184 Å². The largest absolute Gasteiger partial charge is 0.361 e. The molecule has 1 saturated heterocycles. The van der Waals surface area contributed by atoms with Crippen molar-refractivity contribution in [2.24, 2.45) is 0 Å². The lowest BCUT2D eigenvalue weighted by Gasteiger charge is -2.34. The standard InChI is InChI=1S/C23H25N5O2S/c29-22(9-3-5-17-15-24-19-7-2-1-6-18(17)19)28-12-10-27(11-13-28)16-21-25-23(26-30-21)20-8-4-14-31-20/h1-2,4,6-8,14-15,24H,3,5,9-13,16H2. The Morgan fingerprint density at radius 3 is 2.84 bits per heavy atom. The van der Waals surface area contributed by atoms with Crippen molar-refractivity contribution in [2.75, 3.05) is 26.2 Å². The van der Waals surface area contributed by atoms with E-state index in [9.17, 15) is 4.79 Å². The van der Waals surface area contributed by atoms with Crippen molar-refractivity contribution in [2.45, 2.75) is 25.8 Å². The molecule has 1 N–H and O–H groups in total. The fourth-order valence-corrected chi connectivity index (χ4v) is 4.75. The number of thiophene rings is 1. The van der Waals surface area contributed by atoms with Gasteiger partial charge in [-0.25, -0.2) is 0 Å². The van der Waals surface area contributed by atoms with Crippen LogP contribution in [-0.4, -0.2) is 57.0 Å². The van der Waals surface area contributed by atoms with E-state index in [0.717, 1.165) is 49.4 Å². The highest BCUT2D eigenvalue weighted by Crippen LogP contribution is 2.22. The number of hydrogen-bond acceptors (Lipinski definition) is 6. The lowest BCUT2D eigenvalue weighted by Crippen LogP contribution is -2.48. The maximum absolute atomic E-state index is 12.6. The molecule has 0 spiro atoms. The second-order valence-electron chi connectivity index (χ2n) is 7.86. The van der Waals surface area contributed by atoms with Crippen molar-refractivity contribution in [1.82, 2.24) is 24.9 Å². The molecular weight excluding hydrogens is 410 g/mol. The normalized spacial score (nSPS) is 15.0. The number of aromatic amines is 1. The number of H-pyrrole nitrogens is 1. The lowest BCUT2D eigenvalue weighted by molar-refractivity contribution is -0.133. The van der Waals surface area contributed by atoms with E-state index in [1.807, 2.05) is 28.5 Å². The minimum absolute atomic E-state index is 0.247. The third-order valence-electron chi connectivity index (χ3n) is 5.81.